The first-order valence-electron chi connectivity index (χ1n) is 13.5. The van der Waals surface area contributed by atoms with Crippen molar-refractivity contribution >= 4 is 22.6 Å². The molecule has 3 aromatic rings. The van der Waals surface area contributed by atoms with Gasteiger partial charge in [0.25, 0.3) is 0 Å². The van der Waals surface area contributed by atoms with Gasteiger partial charge in [0.15, 0.2) is 10.7 Å². The van der Waals surface area contributed by atoms with E-state index in [1.165, 1.54) is 0 Å². The lowest BCUT2D eigenvalue weighted by atomic mass is 9.97. The third kappa shape index (κ3) is 10.4. The summed E-state index contributed by atoms with van der Waals surface area (Å²) in [6, 6.07) is 20.3. The fourth-order valence-corrected chi connectivity index (χ4v) is 4.91. The van der Waals surface area contributed by atoms with Crippen molar-refractivity contribution in [1.29, 1.82) is 0 Å². The van der Waals surface area contributed by atoms with E-state index in [-0.39, 0.29) is 24.3 Å². The van der Waals surface area contributed by atoms with Gasteiger partial charge < -0.3 is 19.7 Å². The number of aliphatic carboxylic acids is 2. The third-order valence-corrected chi connectivity index (χ3v) is 7.11. The van der Waals surface area contributed by atoms with Crippen LogP contribution in [-0.4, -0.2) is 43.8 Å². The quantitative estimate of drug-likeness (QED) is 0.130. The van der Waals surface area contributed by atoms with Crippen molar-refractivity contribution in [2.45, 2.75) is 62.7 Å². The Morgan fingerprint density at radius 2 is 1.40 bits per heavy atom. The lowest BCUT2D eigenvalue weighted by molar-refractivity contribution is -0.138. The monoisotopic (exact) mass is 568 g/mol. The Balaban J connectivity index is 1.50. The van der Waals surface area contributed by atoms with E-state index in [1.54, 1.807) is 18.2 Å². The van der Waals surface area contributed by atoms with Crippen molar-refractivity contribution in [2.75, 3.05) is 13.2 Å². The molecule has 0 aliphatic carbocycles. The molecule has 3 rings (SSSR count). The first kappa shape index (κ1) is 30.7. The number of carboxylic acid groups (broad SMARTS) is 2. The molecule has 8 nitrogen and oxygen atoms in total. The number of hydrogen-bond donors (Lipinski definition) is 3. The van der Waals surface area contributed by atoms with Crippen LogP contribution in [0.4, 0.5) is 0 Å². The number of rotatable bonds is 18. The Hall–Kier alpha value is -3.85. The molecule has 0 bridgehead atoms. The molecule has 0 saturated carbocycles. The number of aryl methyl sites for hydroxylation is 1. The van der Waals surface area contributed by atoms with E-state index in [0.29, 0.717) is 30.9 Å². The molecule has 9 heteroatoms. The molecule has 0 aromatic heterocycles. The van der Waals surface area contributed by atoms with Gasteiger partial charge in [-0.2, -0.15) is 0 Å². The van der Waals surface area contributed by atoms with Crippen molar-refractivity contribution in [3.8, 4) is 22.6 Å². The van der Waals surface area contributed by atoms with Crippen molar-refractivity contribution in [2.24, 2.45) is 0 Å². The Morgan fingerprint density at radius 3 is 2.12 bits per heavy atom. The molecule has 0 fully saturated rings. The van der Waals surface area contributed by atoms with Gasteiger partial charge in [-0.15, -0.1) is 0 Å². The minimum atomic E-state index is -2.73. The van der Waals surface area contributed by atoms with Crippen LogP contribution in [0.25, 0.3) is 11.1 Å². The second-order valence-electron chi connectivity index (χ2n) is 9.48. The van der Waals surface area contributed by atoms with E-state index in [4.69, 9.17) is 14.6 Å². The summed E-state index contributed by atoms with van der Waals surface area (Å²) in [6.07, 6.45) is 5.13. The van der Waals surface area contributed by atoms with Crippen molar-refractivity contribution in [1.82, 2.24) is 0 Å². The lowest BCUT2D eigenvalue weighted by Gasteiger charge is -2.15. The minimum Gasteiger partial charge on any atom is -0.494 e. The Morgan fingerprint density at radius 1 is 0.675 bits per heavy atom. The average Bonchev–Trinajstić information content (AvgIpc) is 2.94. The average molecular weight is 569 g/mol. The van der Waals surface area contributed by atoms with Crippen LogP contribution in [0.2, 0.25) is 0 Å². The molecule has 2 N–H and O–H groups in total. The van der Waals surface area contributed by atoms with E-state index in [0.717, 1.165) is 54.4 Å². The zero-order valence-corrected chi connectivity index (χ0v) is 23.3. The third-order valence-electron chi connectivity index (χ3n) is 6.43. The Labute approximate surface area is 236 Å². The highest BCUT2D eigenvalue weighted by Crippen LogP contribution is 2.28. The van der Waals surface area contributed by atoms with Gasteiger partial charge in [-0.05, 0) is 78.6 Å². The van der Waals surface area contributed by atoms with Gasteiger partial charge in [-0.25, -0.2) is 8.42 Å². The number of ether oxygens (including phenoxy) is 2. The van der Waals surface area contributed by atoms with Gasteiger partial charge >= 0.3 is 11.9 Å². The molecular weight excluding hydrogens is 532 g/mol. The molecule has 0 radical (unpaired) electrons. The molecule has 0 saturated heterocycles. The van der Waals surface area contributed by atoms with Crippen LogP contribution >= 0.6 is 0 Å². The fraction of sp³-hybridized carbons (Fsp3) is 0.355. The maximum atomic E-state index is 11.6. The van der Waals surface area contributed by atoms with Crippen LogP contribution in [0.5, 0.6) is 11.5 Å². The van der Waals surface area contributed by atoms with Crippen LogP contribution in [0.1, 0.15) is 56.1 Å². The lowest BCUT2D eigenvalue weighted by Crippen LogP contribution is -2.07. The van der Waals surface area contributed by atoms with E-state index in [9.17, 15) is 23.1 Å². The summed E-state index contributed by atoms with van der Waals surface area (Å²) in [5.41, 5.74) is 3.63. The molecule has 0 spiro atoms. The van der Waals surface area contributed by atoms with Crippen molar-refractivity contribution in [3.63, 3.8) is 0 Å². The molecule has 0 atom stereocenters. The van der Waals surface area contributed by atoms with Crippen LogP contribution < -0.4 is 9.47 Å². The van der Waals surface area contributed by atoms with E-state index >= 15 is 0 Å². The summed E-state index contributed by atoms with van der Waals surface area (Å²) in [4.78, 5) is 22.2. The molecular formula is C31H36O8S. The highest BCUT2D eigenvalue weighted by molar-refractivity contribution is 7.72. The van der Waals surface area contributed by atoms with Crippen molar-refractivity contribution < 1.29 is 37.7 Å². The SMILES string of the molecule is O=C(O)CCCOc1cccc(CCCCCCOc2cc(-c3ccccc3)cc([SH](=O)=O)c2)c1CCC(=O)O. The maximum Gasteiger partial charge on any atom is 0.303 e. The van der Waals surface area contributed by atoms with Gasteiger partial charge in [0.2, 0.25) is 0 Å². The number of unbranched alkanes of at least 4 members (excludes halogenated alkanes) is 3. The molecule has 214 valence electrons. The standard InChI is InChI=1S/C31H36O8S/c32-30(33)15-9-19-39-29-14-8-13-24(28(29)16-17-31(34)35)12-4-1-2-7-18-38-26-20-25(21-27(22-26)40(36)37)23-10-5-3-6-11-23/h3,5-6,8,10-11,13-14,20-22,40H,1-2,4,7,9,12,15-19H2,(H,32,33)(H,34,35). The fourth-order valence-electron chi connectivity index (χ4n) is 4.43. The predicted octanol–water partition coefficient (Wildman–Crippen LogP) is 5.77. The highest BCUT2D eigenvalue weighted by Gasteiger charge is 2.12. The van der Waals surface area contributed by atoms with Crippen LogP contribution in [0.15, 0.2) is 71.6 Å². The zero-order chi connectivity index (χ0) is 28.7. The van der Waals surface area contributed by atoms with Crippen LogP contribution in [0.3, 0.4) is 0 Å². The normalized spacial score (nSPS) is 10.9. The zero-order valence-electron chi connectivity index (χ0n) is 22.4. The summed E-state index contributed by atoms with van der Waals surface area (Å²) in [7, 11) is -2.73. The highest BCUT2D eigenvalue weighted by atomic mass is 32.2. The van der Waals surface area contributed by atoms with Crippen LogP contribution in [-0.2, 0) is 33.1 Å². The van der Waals surface area contributed by atoms with Crippen molar-refractivity contribution in [3.05, 3.63) is 77.9 Å². The number of benzene rings is 3. The number of carboxylic acids is 2. The van der Waals surface area contributed by atoms with Gasteiger partial charge in [0.1, 0.15) is 11.5 Å². The Kier molecular flexibility index (Phi) is 12.5. The first-order valence-corrected chi connectivity index (χ1v) is 14.7. The largest absolute Gasteiger partial charge is 0.494 e. The molecule has 0 aliphatic rings. The molecule has 0 aliphatic heterocycles. The minimum absolute atomic E-state index is 0.00633. The van der Waals surface area contributed by atoms with Gasteiger partial charge in [0, 0.05) is 12.8 Å². The molecule has 0 amide bonds. The second kappa shape index (κ2) is 16.3. The smallest absolute Gasteiger partial charge is 0.303 e. The van der Waals surface area contributed by atoms with Gasteiger partial charge in [-0.1, -0.05) is 55.3 Å². The summed E-state index contributed by atoms with van der Waals surface area (Å²) in [5, 5.41) is 18.0. The van der Waals surface area contributed by atoms with E-state index in [1.807, 2.05) is 48.5 Å². The second-order valence-corrected chi connectivity index (χ2v) is 10.5. The van der Waals surface area contributed by atoms with Crippen LogP contribution in [0, 0.1) is 0 Å². The molecule has 0 unspecified atom stereocenters. The van der Waals surface area contributed by atoms with E-state index in [2.05, 4.69) is 0 Å². The van der Waals surface area contributed by atoms with Gasteiger partial charge in [-0.3, -0.25) is 9.59 Å². The molecule has 3 aromatic carbocycles. The van der Waals surface area contributed by atoms with Gasteiger partial charge in [0.05, 0.1) is 18.1 Å². The first-order chi connectivity index (χ1) is 19.3. The number of thiol groups is 1. The summed E-state index contributed by atoms with van der Waals surface area (Å²) in [6.45, 7) is 0.730. The predicted molar refractivity (Wildman–Crippen MR) is 153 cm³/mol. The summed E-state index contributed by atoms with van der Waals surface area (Å²) in [5.74, 6) is -0.609. The molecule has 40 heavy (non-hydrogen) atoms. The summed E-state index contributed by atoms with van der Waals surface area (Å²) >= 11 is 0. The maximum absolute atomic E-state index is 11.6. The number of carbonyl (C=O) groups is 2. The Bertz CT molecular complexity index is 1330. The van der Waals surface area contributed by atoms with E-state index < -0.39 is 22.6 Å². The molecule has 0 heterocycles. The topological polar surface area (TPSA) is 127 Å². The summed E-state index contributed by atoms with van der Waals surface area (Å²) < 4.78 is 35.0. The number of hydrogen-bond acceptors (Lipinski definition) is 6.